The molecule has 2 aliphatic rings. The molecule has 0 atom stereocenters. The van der Waals surface area contributed by atoms with Crippen molar-refractivity contribution in [2.75, 3.05) is 20.2 Å². The van der Waals surface area contributed by atoms with Crippen LogP contribution < -0.4 is 0 Å². The number of aryl methyl sites for hydroxylation is 1. The van der Waals surface area contributed by atoms with Gasteiger partial charge in [0.05, 0.1) is 6.10 Å². The fourth-order valence-corrected chi connectivity index (χ4v) is 5.47. The molecule has 3 rings (SSSR count). The molecule has 1 aliphatic heterocycles. The fraction of sp³-hybridized carbons (Fsp3) is 0.667. The molecule has 22 heavy (non-hydrogen) atoms. The molecule has 122 valence electrons. The number of ether oxygens (including phenoxy) is 1. The lowest BCUT2D eigenvalue weighted by molar-refractivity contribution is -0.0804. The molecule has 5 nitrogen and oxygen atoms in total. The van der Waals surface area contributed by atoms with E-state index in [-0.39, 0.29) is 15.5 Å². The van der Waals surface area contributed by atoms with Gasteiger partial charge in [-0.2, -0.15) is 4.31 Å². The average Bonchev–Trinajstić information content (AvgIpc) is 2.47. The number of aromatic nitrogens is 1. The van der Waals surface area contributed by atoms with Crippen LogP contribution in [0, 0.1) is 12.3 Å². The number of nitrogens with zero attached hydrogens (tertiary/aromatic N) is 2. The molecule has 0 bridgehead atoms. The number of methoxy groups -OCH3 is 1. The zero-order valence-electron chi connectivity index (χ0n) is 12.9. The van der Waals surface area contributed by atoms with Crippen LogP contribution in [0.4, 0.5) is 0 Å². The van der Waals surface area contributed by atoms with Gasteiger partial charge < -0.3 is 4.74 Å². The molecule has 1 saturated heterocycles. The van der Waals surface area contributed by atoms with E-state index in [0.717, 1.165) is 31.2 Å². The van der Waals surface area contributed by atoms with Gasteiger partial charge in [-0.3, -0.25) is 0 Å². The number of rotatable bonds is 3. The van der Waals surface area contributed by atoms with E-state index in [1.54, 1.807) is 23.7 Å². The Morgan fingerprint density at radius 3 is 2.59 bits per heavy atom. The second-order valence-electron chi connectivity index (χ2n) is 6.47. The van der Waals surface area contributed by atoms with Crippen molar-refractivity contribution in [3.05, 3.63) is 23.0 Å². The summed E-state index contributed by atoms with van der Waals surface area (Å²) in [5.41, 5.74) is 1.07. The molecule has 0 unspecified atom stereocenters. The van der Waals surface area contributed by atoms with Crippen molar-refractivity contribution in [1.82, 2.24) is 9.29 Å². The molecule has 1 aliphatic carbocycles. The van der Waals surface area contributed by atoms with Crippen LogP contribution in [0.2, 0.25) is 5.15 Å². The zero-order chi connectivity index (χ0) is 16.0. The predicted octanol–water partition coefficient (Wildman–Crippen LogP) is 2.62. The van der Waals surface area contributed by atoms with E-state index < -0.39 is 10.0 Å². The molecule has 7 heteroatoms. The first-order valence-corrected chi connectivity index (χ1v) is 9.33. The second kappa shape index (κ2) is 5.74. The molecular weight excluding hydrogens is 324 g/mol. The highest BCUT2D eigenvalue weighted by atomic mass is 35.5. The molecule has 1 spiro atoms. The molecule has 0 amide bonds. The number of pyridine rings is 1. The van der Waals surface area contributed by atoms with Crippen molar-refractivity contribution in [3.8, 4) is 0 Å². The minimum Gasteiger partial charge on any atom is -0.381 e. The van der Waals surface area contributed by atoms with E-state index in [9.17, 15) is 8.42 Å². The third kappa shape index (κ3) is 2.77. The lowest BCUT2D eigenvalue weighted by Crippen LogP contribution is -2.50. The quantitative estimate of drug-likeness (QED) is 0.791. The van der Waals surface area contributed by atoms with E-state index >= 15 is 0 Å². The maximum absolute atomic E-state index is 12.8. The SMILES string of the molecule is COC1CC2(CCN(S(=O)(=O)c3cc(C)cnc3Cl)CC2)C1. The molecule has 2 heterocycles. The highest BCUT2D eigenvalue weighted by Gasteiger charge is 2.47. The normalized spacial score (nSPS) is 22.7. The first-order valence-electron chi connectivity index (χ1n) is 7.51. The molecule has 1 aromatic heterocycles. The Morgan fingerprint density at radius 2 is 2.00 bits per heavy atom. The standard InChI is InChI=1S/C15H21ClN2O3S/c1-11-7-13(14(16)17-10-11)22(19,20)18-5-3-15(4-6-18)8-12(9-15)21-2/h7,10,12H,3-6,8-9H2,1-2H3. The molecule has 0 N–H and O–H groups in total. The number of halogens is 1. The van der Waals surface area contributed by atoms with Crippen molar-refractivity contribution in [3.63, 3.8) is 0 Å². The van der Waals surface area contributed by atoms with Crippen LogP contribution in [0.15, 0.2) is 17.2 Å². The van der Waals surface area contributed by atoms with Crippen LogP contribution in [-0.4, -0.2) is 44.0 Å². The van der Waals surface area contributed by atoms with Crippen LogP contribution in [0.5, 0.6) is 0 Å². The maximum Gasteiger partial charge on any atom is 0.246 e. The zero-order valence-corrected chi connectivity index (χ0v) is 14.5. The van der Waals surface area contributed by atoms with E-state index in [0.29, 0.717) is 19.2 Å². The largest absolute Gasteiger partial charge is 0.381 e. The Balaban J connectivity index is 1.74. The van der Waals surface area contributed by atoms with Gasteiger partial charge in [0.1, 0.15) is 10.0 Å². The molecule has 0 aromatic carbocycles. The van der Waals surface area contributed by atoms with E-state index in [1.165, 1.54) is 0 Å². The molecule has 1 saturated carbocycles. The predicted molar refractivity (Wildman–Crippen MR) is 84.4 cm³/mol. The Morgan fingerprint density at radius 1 is 1.36 bits per heavy atom. The molecular formula is C15H21ClN2O3S. The lowest BCUT2D eigenvalue weighted by atomic mass is 9.62. The maximum atomic E-state index is 12.8. The third-order valence-corrected chi connectivity index (χ3v) is 7.32. The second-order valence-corrected chi connectivity index (χ2v) is 8.74. The summed E-state index contributed by atoms with van der Waals surface area (Å²) >= 11 is 6.00. The van der Waals surface area contributed by atoms with Gasteiger partial charge in [0.15, 0.2) is 0 Å². The van der Waals surface area contributed by atoms with Crippen molar-refractivity contribution >= 4 is 21.6 Å². The summed E-state index contributed by atoms with van der Waals surface area (Å²) in [6.07, 6.45) is 5.80. The smallest absolute Gasteiger partial charge is 0.246 e. The first kappa shape index (κ1) is 16.2. The summed E-state index contributed by atoms with van der Waals surface area (Å²) in [6.45, 7) is 2.90. The summed E-state index contributed by atoms with van der Waals surface area (Å²) < 4.78 is 32.4. The van der Waals surface area contributed by atoms with Crippen LogP contribution in [0.25, 0.3) is 0 Å². The van der Waals surface area contributed by atoms with Gasteiger partial charge in [0.2, 0.25) is 10.0 Å². The van der Waals surface area contributed by atoms with E-state index in [4.69, 9.17) is 16.3 Å². The summed E-state index contributed by atoms with van der Waals surface area (Å²) in [5.74, 6) is 0. The Kier molecular flexibility index (Phi) is 4.22. The van der Waals surface area contributed by atoms with Crippen molar-refractivity contribution < 1.29 is 13.2 Å². The molecule has 1 aromatic rings. The first-order chi connectivity index (χ1) is 10.4. The van der Waals surface area contributed by atoms with Gasteiger partial charge in [-0.25, -0.2) is 13.4 Å². The van der Waals surface area contributed by atoms with Gasteiger partial charge in [0.25, 0.3) is 0 Å². The van der Waals surface area contributed by atoms with Crippen molar-refractivity contribution in [1.29, 1.82) is 0 Å². The van der Waals surface area contributed by atoms with Gasteiger partial charge in [-0.15, -0.1) is 0 Å². The van der Waals surface area contributed by atoms with Crippen molar-refractivity contribution in [2.24, 2.45) is 5.41 Å². The Hall–Kier alpha value is -0.690. The highest BCUT2D eigenvalue weighted by Crippen LogP contribution is 2.50. The fourth-order valence-electron chi connectivity index (χ4n) is 3.53. The van der Waals surface area contributed by atoms with E-state index in [2.05, 4.69) is 4.98 Å². The van der Waals surface area contributed by atoms with Crippen LogP contribution in [0.1, 0.15) is 31.2 Å². The number of hydrogen-bond donors (Lipinski definition) is 0. The monoisotopic (exact) mass is 344 g/mol. The minimum absolute atomic E-state index is 0.0500. The van der Waals surface area contributed by atoms with Crippen LogP contribution in [0.3, 0.4) is 0 Å². The summed E-state index contributed by atoms with van der Waals surface area (Å²) in [6, 6.07) is 1.60. The summed E-state index contributed by atoms with van der Waals surface area (Å²) in [5, 5.41) is 0.0500. The highest BCUT2D eigenvalue weighted by molar-refractivity contribution is 7.89. The summed E-state index contributed by atoms with van der Waals surface area (Å²) in [4.78, 5) is 4.08. The van der Waals surface area contributed by atoms with Crippen LogP contribution >= 0.6 is 11.6 Å². The van der Waals surface area contributed by atoms with Crippen molar-refractivity contribution in [2.45, 2.75) is 43.6 Å². The van der Waals surface area contributed by atoms with Crippen LogP contribution in [-0.2, 0) is 14.8 Å². The van der Waals surface area contributed by atoms with Gasteiger partial charge >= 0.3 is 0 Å². The van der Waals surface area contributed by atoms with Gasteiger partial charge in [0, 0.05) is 26.4 Å². The van der Waals surface area contributed by atoms with E-state index in [1.807, 2.05) is 6.92 Å². The Bertz CT molecular complexity index is 661. The third-order valence-electron chi connectivity index (χ3n) is 5.00. The average molecular weight is 345 g/mol. The Labute approximate surface area is 136 Å². The minimum atomic E-state index is -3.56. The number of piperidine rings is 1. The lowest BCUT2D eigenvalue weighted by Gasteiger charge is -2.51. The molecule has 0 radical (unpaired) electrons. The number of sulfonamides is 1. The molecule has 2 fully saturated rings. The van der Waals surface area contributed by atoms with Gasteiger partial charge in [-0.1, -0.05) is 11.6 Å². The topological polar surface area (TPSA) is 59.5 Å². The van der Waals surface area contributed by atoms with Gasteiger partial charge in [-0.05, 0) is 49.7 Å². The number of hydrogen-bond acceptors (Lipinski definition) is 4. The summed E-state index contributed by atoms with van der Waals surface area (Å²) in [7, 11) is -1.82.